The van der Waals surface area contributed by atoms with Crippen LogP contribution < -0.4 is 4.74 Å². The lowest BCUT2D eigenvalue weighted by atomic mass is 10.3. The maximum absolute atomic E-state index is 11.6. The van der Waals surface area contributed by atoms with Crippen molar-refractivity contribution >= 4 is 5.97 Å². The van der Waals surface area contributed by atoms with Gasteiger partial charge in [0, 0.05) is 0 Å². The molecule has 3 rings (SSSR count). The molecular weight excluding hydrogens is 246 g/mol. The van der Waals surface area contributed by atoms with Crippen LogP contribution in [0.2, 0.25) is 0 Å². The van der Waals surface area contributed by atoms with Crippen molar-refractivity contribution in [1.82, 2.24) is 14.8 Å². The van der Waals surface area contributed by atoms with E-state index in [9.17, 15) is 4.79 Å². The van der Waals surface area contributed by atoms with Gasteiger partial charge in [-0.15, -0.1) is 0 Å². The van der Waals surface area contributed by atoms with Crippen molar-refractivity contribution < 1.29 is 13.9 Å². The van der Waals surface area contributed by atoms with E-state index in [2.05, 4.69) is 10.1 Å². The predicted octanol–water partition coefficient (Wildman–Crippen LogP) is 2.08. The molecule has 0 unspecified atom stereocenters. The minimum absolute atomic E-state index is 0.167. The Morgan fingerprint density at radius 2 is 2.05 bits per heavy atom. The summed E-state index contributed by atoms with van der Waals surface area (Å²) in [5.41, 5.74) is 0.829. The van der Waals surface area contributed by atoms with Gasteiger partial charge >= 0.3 is 5.97 Å². The van der Waals surface area contributed by atoms with Crippen LogP contribution in [0.5, 0.6) is 5.75 Å². The molecule has 94 valence electrons. The molecule has 19 heavy (non-hydrogen) atoms. The molecule has 0 fully saturated rings. The molecule has 2 aromatic heterocycles. The van der Waals surface area contributed by atoms with Crippen LogP contribution in [0, 0.1) is 0 Å². The van der Waals surface area contributed by atoms with Gasteiger partial charge in [-0.25, -0.2) is 14.5 Å². The minimum atomic E-state index is -0.529. The summed E-state index contributed by atoms with van der Waals surface area (Å²) >= 11 is 0. The number of furan rings is 1. The third-order valence-corrected chi connectivity index (χ3v) is 2.45. The molecule has 0 aliphatic heterocycles. The second kappa shape index (κ2) is 4.77. The van der Waals surface area contributed by atoms with Crippen molar-refractivity contribution in [2.45, 2.75) is 0 Å². The van der Waals surface area contributed by atoms with E-state index in [1.165, 1.54) is 12.6 Å². The molecule has 3 aromatic rings. The van der Waals surface area contributed by atoms with E-state index in [-0.39, 0.29) is 5.76 Å². The van der Waals surface area contributed by atoms with Crippen LogP contribution in [0.25, 0.3) is 5.69 Å². The lowest BCUT2D eigenvalue weighted by Crippen LogP contribution is -2.07. The molecule has 0 atom stereocenters. The second-order valence-corrected chi connectivity index (χ2v) is 3.70. The van der Waals surface area contributed by atoms with Gasteiger partial charge < -0.3 is 9.15 Å². The summed E-state index contributed by atoms with van der Waals surface area (Å²) in [4.78, 5) is 15.5. The third-order valence-electron chi connectivity index (χ3n) is 2.45. The fourth-order valence-corrected chi connectivity index (χ4v) is 1.56. The van der Waals surface area contributed by atoms with Crippen molar-refractivity contribution in [3.8, 4) is 11.4 Å². The molecule has 1 aromatic carbocycles. The third kappa shape index (κ3) is 2.37. The topological polar surface area (TPSA) is 70.2 Å². The van der Waals surface area contributed by atoms with Crippen molar-refractivity contribution in [2.24, 2.45) is 0 Å². The Morgan fingerprint density at radius 3 is 2.68 bits per heavy atom. The monoisotopic (exact) mass is 255 g/mol. The van der Waals surface area contributed by atoms with Gasteiger partial charge in [-0.1, -0.05) is 0 Å². The van der Waals surface area contributed by atoms with E-state index >= 15 is 0 Å². The summed E-state index contributed by atoms with van der Waals surface area (Å²) in [6, 6.07) is 10.1. The van der Waals surface area contributed by atoms with Gasteiger partial charge in [0.05, 0.1) is 12.0 Å². The van der Waals surface area contributed by atoms with Gasteiger partial charge in [0.1, 0.15) is 18.4 Å². The summed E-state index contributed by atoms with van der Waals surface area (Å²) in [6.45, 7) is 0. The Kier molecular flexibility index (Phi) is 2.82. The second-order valence-electron chi connectivity index (χ2n) is 3.70. The van der Waals surface area contributed by atoms with Gasteiger partial charge in [-0.3, -0.25) is 0 Å². The first kappa shape index (κ1) is 11.2. The van der Waals surface area contributed by atoms with Crippen LogP contribution in [0.3, 0.4) is 0 Å². The molecule has 0 amide bonds. The van der Waals surface area contributed by atoms with Crippen LogP contribution in [0.4, 0.5) is 0 Å². The normalized spacial score (nSPS) is 10.3. The summed E-state index contributed by atoms with van der Waals surface area (Å²) in [6.07, 6.45) is 4.46. The van der Waals surface area contributed by atoms with Gasteiger partial charge in [0.15, 0.2) is 0 Å². The number of nitrogens with zero attached hydrogens (tertiary/aromatic N) is 3. The Labute approximate surface area is 108 Å². The van der Waals surface area contributed by atoms with Crippen LogP contribution in [0.15, 0.2) is 59.7 Å². The lowest BCUT2D eigenvalue weighted by molar-refractivity contribution is 0.0701. The van der Waals surface area contributed by atoms with E-state index in [0.29, 0.717) is 5.75 Å². The first-order chi connectivity index (χ1) is 9.33. The van der Waals surface area contributed by atoms with Gasteiger partial charge in [0.2, 0.25) is 5.76 Å². The number of hydrogen-bond donors (Lipinski definition) is 0. The molecule has 0 radical (unpaired) electrons. The van der Waals surface area contributed by atoms with Crippen LogP contribution in [0.1, 0.15) is 10.6 Å². The molecule has 0 saturated carbocycles. The van der Waals surface area contributed by atoms with Crippen LogP contribution in [-0.4, -0.2) is 20.7 Å². The number of carbonyl (C=O) groups excluding carboxylic acids is 1. The number of rotatable bonds is 3. The first-order valence-electron chi connectivity index (χ1n) is 5.54. The number of esters is 1. The van der Waals surface area contributed by atoms with E-state index in [1.54, 1.807) is 47.4 Å². The molecule has 0 saturated heterocycles. The molecule has 0 aliphatic carbocycles. The van der Waals surface area contributed by atoms with E-state index < -0.39 is 5.97 Å². The Balaban J connectivity index is 1.75. The number of ether oxygens (including phenoxy) is 1. The Hall–Kier alpha value is -2.89. The molecule has 0 N–H and O–H groups in total. The highest BCUT2D eigenvalue weighted by Crippen LogP contribution is 2.16. The van der Waals surface area contributed by atoms with E-state index in [4.69, 9.17) is 9.15 Å². The Morgan fingerprint density at radius 1 is 1.21 bits per heavy atom. The van der Waals surface area contributed by atoms with Crippen molar-refractivity contribution in [3.05, 3.63) is 61.1 Å². The van der Waals surface area contributed by atoms with Crippen molar-refractivity contribution in [1.29, 1.82) is 0 Å². The predicted molar refractivity (Wildman–Crippen MR) is 65.0 cm³/mol. The molecule has 0 spiro atoms. The first-order valence-corrected chi connectivity index (χ1v) is 5.54. The largest absolute Gasteiger partial charge is 0.457 e. The zero-order valence-corrected chi connectivity index (χ0v) is 9.76. The zero-order valence-electron chi connectivity index (χ0n) is 9.76. The average molecular weight is 255 g/mol. The van der Waals surface area contributed by atoms with E-state index in [1.807, 2.05) is 0 Å². The highest BCUT2D eigenvalue weighted by atomic mass is 16.5. The maximum atomic E-state index is 11.6. The highest BCUT2D eigenvalue weighted by molar-refractivity contribution is 5.88. The quantitative estimate of drug-likeness (QED) is 0.529. The smallest absolute Gasteiger partial charge is 0.379 e. The molecular formula is C13H9N3O3. The number of benzene rings is 1. The van der Waals surface area contributed by atoms with Gasteiger partial charge in [-0.05, 0) is 36.4 Å². The summed E-state index contributed by atoms with van der Waals surface area (Å²) in [5, 5.41) is 4.00. The average Bonchev–Trinajstić information content (AvgIpc) is 3.13. The zero-order chi connectivity index (χ0) is 13.1. The van der Waals surface area contributed by atoms with Crippen LogP contribution >= 0.6 is 0 Å². The molecule has 0 bridgehead atoms. The van der Waals surface area contributed by atoms with Gasteiger partial charge in [-0.2, -0.15) is 5.10 Å². The van der Waals surface area contributed by atoms with Crippen molar-refractivity contribution in [3.63, 3.8) is 0 Å². The molecule has 0 aliphatic rings. The number of carbonyl (C=O) groups is 1. The molecule has 2 heterocycles. The maximum Gasteiger partial charge on any atom is 0.379 e. The van der Waals surface area contributed by atoms with E-state index in [0.717, 1.165) is 5.69 Å². The Bertz CT molecular complexity index is 658. The minimum Gasteiger partial charge on any atom is -0.457 e. The molecule has 6 nitrogen and oxygen atoms in total. The van der Waals surface area contributed by atoms with Gasteiger partial charge in [0.25, 0.3) is 0 Å². The summed E-state index contributed by atoms with van der Waals surface area (Å²) in [5.74, 6) is 0.0733. The standard InChI is InChI=1S/C13H9N3O3/c17-13(12-2-1-7-18-12)19-11-5-3-10(4-6-11)16-9-14-8-15-16/h1-9H. The highest BCUT2D eigenvalue weighted by Gasteiger charge is 2.11. The lowest BCUT2D eigenvalue weighted by Gasteiger charge is -2.04. The number of aromatic nitrogens is 3. The summed E-state index contributed by atoms with van der Waals surface area (Å²) < 4.78 is 11.7. The van der Waals surface area contributed by atoms with Crippen molar-refractivity contribution in [2.75, 3.05) is 0 Å². The SMILES string of the molecule is O=C(Oc1ccc(-n2cncn2)cc1)c1ccco1. The fourth-order valence-electron chi connectivity index (χ4n) is 1.56. The van der Waals surface area contributed by atoms with Crippen LogP contribution in [-0.2, 0) is 0 Å². The summed E-state index contributed by atoms with van der Waals surface area (Å²) in [7, 11) is 0. The molecule has 6 heteroatoms. The fraction of sp³-hybridized carbons (Fsp3) is 0. The number of hydrogen-bond acceptors (Lipinski definition) is 5.